The highest BCUT2D eigenvalue weighted by Crippen LogP contribution is 2.27. The number of esters is 1. The van der Waals surface area contributed by atoms with Gasteiger partial charge in [0.15, 0.2) is 0 Å². The minimum absolute atomic E-state index is 0. The second-order valence-electron chi connectivity index (χ2n) is 10.4. The predicted molar refractivity (Wildman–Crippen MR) is 149 cm³/mol. The largest absolute Gasteiger partial charge is 0.459 e. The zero-order chi connectivity index (χ0) is 26.0. The standard InChI is InChI=1S/C30H39N3O4.ClH/c31-25(19-22-11-4-1-5-12-22)28(34)32-26(20-23-13-6-2-7-14-23)29(35)33-18-10-17-27(33)30(36)37-21-24-15-8-3-9-16-24;/h2-3,6-9,13-16,22,25-27H,1,4-5,10-12,17-21,31H2,(H,32,34);1H/t25-,26+,27-;/m1./s1. The van der Waals surface area contributed by atoms with Gasteiger partial charge in [-0.25, -0.2) is 4.79 Å². The number of ether oxygens (including phenoxy) is 1. The molecule has 0 radical (unpaired) electrons. The van der Waals surface area contributed by atoms with Crippen molar-refractivity contribution in [2.45, 2.75) is 82.5 Å². The van der Waals surface area contributed by atoms with Gasteiger partial charge in [-0.3, -0.25) is 9.59 Å². The Hall–Kier alpha value is -2.90. The maximum atomic E-state index is 13.7. The van der Waals surface area contributed by atoms with E-state index in [1.807, 2.05) is 60.7 Å². The summed E-state index contributed by atoms with van der Waals surface area (Å²) >= 11 is 0. The highest BCUT2D eigenvalue weighted by Gasteiger charge is 2.39. The minimum atomic E-state index is -0.796. The van der Waals surface area contributed by atoms with Crippen LogP contribution in [-0.2, 0) is 32.1 Å². The van der Waals surface area contributed by atoms with E-state index in [2.05, 4.69) is 5.32 Å². The number of rotatable bonds is 10. The minimum Gasteiger partial charge on any atom is -0.459 e. The fourth-order valence-electron chi connectivity index (χ4n) is 5.52. The highest BCUT2D eigenvalue weighted by atomic mass is 35.5. The van der Waals surface area contributed by atoms with Gasteiger partial charge in [0.2, 0.25) is 11.8 Å². The lowest BCUT2D eigenvalue weighted by molar-refractivity contribution is -0.155. The molecule has 1 saturated carbocycles. The Bertz CT molecular complexity index is 1030. The summed E-state index contributed by atoms with van der Waals surface area (Å²) < 4.78 is 5.55. The lowest BCUT2D eigenvalue weighted by Crippen LogP contribution is -2.55. The zero-order valence-corrected chi connectivity index (χ0v) is 22.7. The van der Waals surface area contributed by atoms with Crippen LogP contribution in [0.25, 0.3) is 0 Å². The lowest BCUT2D eigenvalue weighted by Gasteiger charge is -2.30. The fourth-order valence-corrected chi connectivity index (χ4v) is 5.52. The third kappa shape index (κ3) is 8.30. The number of halogens is 1. The second-order valence-corrected chi connectivity index (χ2v) is 10.4. The van der Waals surface area contributed by atoms with Crippen molar-refractivity contribution in [3.8, 4) is 0 Å². The van der Waals surface area contributed by atoms with Crippen LogP contribution in [0.3, 0.4) is 0 Å². The molecule has 3 atom stereocenters. The van der Waals surface area contributed by atoms with E-state index in [4.69, 9.17) is 10.5 Å². The smallest absolute Gasteiger partial charge is 0.329 e. The Labute approximate surface area is 231 Å². The van der Waals surface area contributed by atoms with Gasteiger partial charge < -0.3 is 20.7 Å². The van der Waals surface area contributed by atoms with Crippen molar-refractivity contribution in [3.05, 3.63) is 71.8 Å². The molecule has 1 saturated heterocycles. The van der Waals surface area contributed by atoms with Crippen molar-refractivity contribution in [1.29, 1.82) is 0 Å². The first-order valence-corrected chi connectivity index (χ1v) is 13.6. The van der Waals surface area contributed by atoms with Crippen molar-refractivity contribution in [3.63, 3.8) is 0 Å². The van der Waals surface area contributed by atoms with Crippen molar-refractivity contribution in [2.75, 3.05) is 6.54 Å². The van der Waals surface area contributed by atoms with E-state index >= 15 is 0 Å². The molecule has 3 N–H and O–H groups in total. The fraction of sp³-hybridized carbons (Fsp3) is 0.500. The molecule has 2 aromatic carbocycles. The number of carbonyl (C=O) groups is 3. The summed E-state index contributed by atoms with van der Waals surface area (Å²) in [6.07, 6.45) is 8.06. The Morgan fingerprint density at radius 1 is 0.895 bits per heavy atom. The van der Waals surface area contributed by atoms with Crippen molar-refractivity contribution in [2.24, 2.45) is 11.7 Å². The molecule has 38 heavy (non-hydrogen) atoms. The topological polar surface area (TPSA) is 102 Å². The Morgan fingerprint density at radius 2 is 1.53 bits per heavy atom. The Balaban J connectivity index is 0.00000400. The molecular weight excluding hydrogens is 502 g/mol. The van der Waals surface area contributed by atoms with Crippen molar-refractivity contribution < 1.29 is 19.1 Å². The van der Waals surface area contributed by atoms with E-state index in [1.165, 1.54) is 19.3 Å². The normalized spacial score (nSPS) is 19.2. The average molecular weight is 542 g/mol. The van der Waals surface area contributed by atoms with Gasteiger partial charge >= 0.3 is 5.97 Å². The van der Waals surface area contributed by atoms with Crippen LogP contribution in [0.1, 0.15) is 62.5 Å². The zero-order valence-electron chi connectivity index (χ0n) is 21.9. The number of nitrogens with zero attached hydrogens (tertiary/aromatic N) is 1. The number of benzene rings is 2. The number of hydrogen-bond acceptors (Lipinski definition) is 5. The molecule has 1 aliphatic carbocycles. The van der Waals surface area contributed by atoms with Crippen LogP contribution in [0.4, 0.5) is 0 Å². The number of amides is 2. The number of nitrogens with one attached hydrogen (secondary N) is 1. The summed E-state index contributed by atoms with van der Waals surface area (Å²) in [5, 5.41) is 2.94. The van der Waals surface area contributed by atoms with Crippen LogP contribution in [0.15, 0.2) is 60.7 Å². The van der Waals surface area contributed by atoms with E-state index in [0.29, 0.717) is 38.1 Å². The molecule has 4 rings (SSSR count). The predicted octanol–water partition coefficient (Wildman–Crippen LogP) is 4.17. The second kappa shape index (κ2) is 14.9. The summed E-state index contributed by atoms with van der Waals surface area (Å²) in [4.78, 5) is 41.4. The number of likely N-dealkylation sites (tertiary alicyclic amines) is 1. The molecule has 2 fully saturated rings. The molecule has 1 heterocycles. The molecule has 2 aliphatic rings. The van der Waals surface area contributed by atoms with Crippen LogP contribution < -0.4 is 11.1 Å². The first kappa shape index (κ1) is 29.7. The molecule has 7 nitrogen and oxygen atoms in total. The molecule has 2 amide bonds. The summed E-state index contributed by atoms with van der Waals surface area (Å²) in [5.41, 5.74) is 8.13. The lowest BCUT2D eigenvalue weighted by atomic mass is 9.85. The van der Waals surface area contributed by atoms with Gasteiger partial charge in [0.1, 0.15) is 18.7 Å². The van der Waals surface area contributed by atoms with Crippen LogP contribution in [-0.4, -0.2) is 47.4 Å². The molecule has 0 spiro atoms. The van der Waals surface area contributed by atoms with Crippen LogP contribution >= 0.6 is 12.4 Å². The Kier molecular flexibility index (Phi) is 11.6. The monoisotopic (exact) mass is 541 g/mol. The van der Waals surface area contributed by atoms with E-state index in [9.17, 15) is 14.4 Å². The van der Waals surface area contributed by atoms with Gasteiger partial charge in [0, 0.05) is 13.0 Å². The summed E-state index contributed by atoms with van der Waals surface area (Å²) in [6, 6.07) is 17.0. The van der Waals surface area contributed by atoms with Gasteiger partial charge in [-0.1, -0.05) is 92.8 Å². The van der Waals surface area contributed by atoms with Crippen molar-refractivity contribution in [1.82, 2.24) is 10.2 Å². The van der Waals surface area contributed by atoms with Gasteiger partial charge in [-0.15, -0.1) is 12.4 Å². The van der Waals surface area contributed by atoms with Gasteiger partial charge in [0.25, 0.3) is 0 Å². The Morgan fingerprint density at radius 3 is 2.18 bits per heavy atom. The first-order valence-electron chi connectivity index (χ1n) is 13.6. The number of carbonyl (C=O) groups excluding carboxylic acids is 3. The molecular formula is C30H40ClN3O4. The van der Waals surface area contributed by atoms with E-state index in [-0.39, 0.29) is 30.8 Å². The molecule has 0 aromatic heterocycles. The molecule has 8 heteroatoms. The van der Waals surface area contributed by atoms with Crippen LogP contribution in [0.2, 0.25) is 0 Å². The van der Waals surface area contributed by atoms with E-state index in [1.54, 1.807) is 4.90 Å². The molecule has 1 aliphatic heterocycles. The SMILES string of the molecule is Cl.N[C@H](CC1CCCCC1)C(=O)N[C@@H](Cc1ccccc1)C(=O)N1CCC[C@@H]1C(=O)OCc1ccccc1. The van der Waals surface area contributed by atoms with Crippen LogP contribution in [0, 0.1) is 5.92 Å². The summed E-state index contributed by atoms with van der Waals surface area (Å²) in [5.74, 6) is -0.517. The van der Waals surface area contributed by atoms with E-state index < -0.39 is 24.1 Å². The summed E-state index contributed by atoms with van der Waals surface area (Å²) in [6.45, 7) is 0.623. The first-order chi connectivity index (χ1) is 18.0. The maximum absolute atomic E-state index is 13.7. The third-order valence-corrected chi connectivity index (χ3v) is 7.58. The molecule has 206 valence electrons. The number of hydrogen-bond donors (Lipinski definition) is 2. The van der Waals surface area contributed by atoms with Gasteiger partial charge in [-0.05, 0) is 36.3 Å². The molecule has 0 unspecified atom stereocenters. The number of nitrogens with two attached hydrogens (primary N) is 1. The van der Waals surface area contributed by atoms with Gasteiger partial charge in [-0.2, -0.15) is 0 Å². The molecule has 2 aromatic rings. The van der Waals surface area contributed by atoms with Gasteiger partial charge in [0.05, 0.1) is 6.04 Å². The third-order valence-electron chi connectivity index (χ3n) is 7.58. The van der Waals surface area contributed by atoms with Crippen LogP contribution in [0.5, 0.6) is 0 Å². The summed E-state index contributed by atoms with van der Waals surface area (Å²) in [7, 11) is 0. The highest BCUT2D eigenvalue weighted by molar-refractivity contribution is 5.92. The van der Waals surface area contributed by atoms with E-state index in [0.717, 1.165) is 24.0 Å². The quantitative estimate of drug-likeness (QED) is 0.440. The molecule has 0 bridgehead atoms. The van der Waals surface area contributed by atoms with Crippen molar-refractivity contribution >= 4 is 30.2 Å². The maximum Gasteiger partial charge on any atom is 0.329 e. The average Bonchev–Trinajstić information content (AvgIpc) is 3.43.